The highest BCUT2D eigenvalue weighted by Crippen LogP contribution is 2.33. The van der Waals surface area contributed by atoms with Crippen molar-refractivity contribution in [2.75, 3.05) is 0 Å². The summed E-state index contributed by atoms with van der Waals surface area (Å²) in [5.74, 6) is -0.438. The van der Waals surface area contributed by atoms with Crippen LogP contribution in [-0.4, -0.2) is 0 Å². The van der Waals surface area contributed by atoms with Crippen LogP contribution in [0.1, 0.15) is 18.1 Å². The summed E-state index contributed by atoms with van der Waals surface area (Å²) in [6.45, 7) is 1.72. The first-order valence-corrected chi connectivity index (χ1v) is 6.18. The van der Waals surface area contributed by atoms with E-state index in [0.29, 0.717) is 21.2 Å². The molecular weight excluding hydrogens is 272 g/mol. The normalized spacial score (nSPS) is 14.3. The minimum absolute atomic E-state index is 0.339. The Bertz CT molecular complexity index is 582. The van der Waals surface area contributed by atoms with Gasteiger partial charge in [-0.1, -0.05) is 47.5 Å². The second kappa shape index (κ2) is 4.88. The lowest BCUT2D eigenvalue weighted by Gasteiger charge is -2.27. The summed E-state index contributed by atoms with van der Waals surface area (Å²) >= 11 is 11.9. The highest BCUT2D eigenvalue weighted by atomic mass is 35.5. The van der Waals surface area contributed by atoms with Crippen LogP contribution in [0.25, 0.3) is 0 Å². The molecule has 0 saturated carbocycles. The molecule has 2 N–H and O–H groups in total. The van der Waals surface area contributed by atoms with Gasteiger partial charge in [0.05, 0.1) is 5.54 Å². The van der Waals surface area contributed by atoms with Gasteiger partial charge in [0, 0.05) is 15.6 Å². The Kier molecular flexibility index (Phi) is 3.62. The molecule has 0 saturated heterocycles. The van der Waals surface area contributed by atoms with Crippen molar-refractivity contribution in [1.82, 2.24) is 0 Å². The number of benzene rings is 2. The quantitative estimate of drug-likeness (QED) is 0.871. The Morgan fingerprint density at radius 3 is 2.33 bits per heavy atom. The number of rotatable bonds is 2. The molecule has 1 nitrogen and oxygen atoms in total. The maximum Gasteiger partial charge on any atom is 0.130 e. The summed E-state index contributed by atoms with van der Waals surface area (Å²) in [7, 11) is 0. The highest BCUT2D eigenvalue weighted by Gasteiger charge is 2.28. The molecule has 0 bridgehead atoms. The minimum atomic E-state index is -1.01. The van der Waals surface area contributed by atoms with Gasteiger partial charge in [-0.05, 0) is 30.7 Å². The van der Waals surface area contributed by atoms with Crippen molar-refractivity contribution in [3.63, 3.8) is 0 Å². The first-order chi connectivity index (χ1) is 8.43. The molecule has 0 aliphatic carbocycles. The zero-order valence-electron chi connectivity index (χ0n) is 9.75. The van der Waals surface area contributed by atoms with Gasteiger partial charge in [0.25, 0.3) is 0 Å². The summed E-state index contributed by atoms with van der Waals surface area (Å²) in [5, 5.41) is 0.850. The Labute approximate surface area is 115 Å². The van der Waals surface area contributed by atoms with Gasteiger partial charge in [-0.15, -0.1) is 0 Å². The third-order valence-corrected chi connectivity index (χ3v) is 3.49. The summed E-state index contributed by atoms with van der Waals surface area (Å²) in [6, 6.07) is 11.6. The molecule has 2 aromatic carbocycles. The summed E-state index contributed by atoms with van der Waals surface area (Å²) in [6.07, 6.45) is 0. The molecule has 4 heteroatoms. The SMILES string of the molecule is CC(N)(c1ccc(Cl)cc1F)c1ccccc1Cl. The van der Waals surface area contributed by atoms with Crippen LogP contribution in [0.2, 0.25) is 10.0 Å². The molecule has 0 fully saturated rings. The molecule has 2 rings (SSSR count). The average Bonchev–Trinajstić information content (AvgIpc) is 2.28. The van der Waals surface area contributed by atoms with Crippen LogP contribution in [-0.2, 0) is 5.54 Å². The largest absolute Gasteiger partial charge is 0.318 e. The third kappa shape index (κ3) is 2.37. The van der Waals surface area contributed by atoms with Crippen molar-refractivity contribution in [1.29, 1.82) is 0 Å². The monoisotopic (exact) mass is 283 g/mol. The van der Waals surface area contributed by atoms with Crippen molar-refractivity contribution in [3.05, 3.63) is 69.5 Å². The standard InChI is InChI=1S/C14H12Cl2FN/c1-14(18,10-4-2-3-5-12(10)16)11-7-6-9(15)8-13(11)17/h2-8H,18H2,1H3. The molecule has 1 atom stereocenters. The van der Waals surface area contributed by atoms with E-state index in [1.807, 2.05) is 6.07 Å². The first kappa shape index (κ1) is 13.3. The van der Waals surface area contributed by atoms with Gasteiger partial charge in [0.15, 0.2) is 0 Å². The van der Waals surface area contributed by atoms with Crippen molar-refractivity contribution in [2.24, 2.45) is 5.73 Å². The maximum atomic E-state index is 14.0. The van der Waals surface area contributed by atoms with Crippen LogP contribution < -0.4 is 5.73 Å². The Morgan fingerprint density at radius 2 is 1.72 bits per heavy atom. The topological polar surface area (TPSA) is 26.0 Å². The molecule has 0 heterocycles. The van der Waals surface area contributed by atoms with Gasteiger partial charge in [-0.2, -0.15) is 0 Å². The zero-order valence-corrected chi connectivity index (χ0v) is 11.3. The van der Waals surface area contributed by atoms with Crippen LogP contribution in [0.5, 0.6) is 0 Å². The first-order valence-electron chi connectivity index (χ1n) is 5.42. The van der Waals surface area contributed by atoms with E-state index >= 15 is 0 Å². The van der Waals surface area contributed by atoms with E-state index in [1.165, 1.54) is 6.07 Å². The molecule has 0 spiro atoms. The molecule has 1 unspecified atom stereocenters. The van der Waals surface area contributed by atoms with Crippen molar-refractivity contribution in [3.8, 4) is 0 Å². The van der Waals surface area contributed by atoms with Gasteiger partial charge in [0.2, 0.25) is 0 Å². The van der Waals surface area contributed by atoms with Gasteiger partial charge < -0.3 is 5.73 Å². The Balaban J connectivity index is 2.58. The van der Waals surface area contributed by atoms with E-state index in [0.717, 1.165) is 0 Å². The summed E-state index contributed by atoms with van der Waals surface area (Å²) in [5.41, 5.74) is 6.27. The fourth-order valence-corrected chi connectivity index (χ4v) is 2.43. The molecule has 0 radical (unpaired) electrons. The second-order valence-corrected chi connectivity index (χ2v) is 5.15. The molecule has 0 aliphatic rings. The lowest BCUT2D eigenvalue weighted by atomic mass is 9.85. The van der Waals surface area contributed by atoms with Crippen LogP contribution in [0.15, 0.2) is 42.5 Å². The third-order valence-electron chi connectivity index (χ3n) is 2.92. The molecule has 94 valence electrons. The summed E-state index contributed by atoms with van der Waals surface area (Å²) < 4.78 is 14.0. The van der Waals surface area contributed by atoms with E-state index < -0.39 is 11.4 Å². The van der Waals surface area contributed by atoms with Crippen molar-refractivity contribution in [2.45, 2.75) is 12.5 Å². The fraction of sp³-hybridized carbons (Fsp3) is 0.143. The zero-order chi connectivity index (χ0) is 13.3. The molecule has 0 aliphatic heterocycles. The number of hydrogen-bond donors (Lipinski definition) is 1. The average molecular weight is 284 g/mol. The van der Waals surface area contributed by atoms with Crippen LogP contribution in [0, 0.1) is 5.82 Å². The Hall–Kier alpha value is -1.09. The van der Waals surface area contributed by atoms with Gasteiger partial charge >= 0.3 is 0 Å². The van der Waals surface area contributed by atoms with Crippen LogP contribution in [0.3, 0.4) is 0 Å². The fourth-order valence-electron chi connectivity index (χ4n) is 1.94. The number of nitrogens with two attached hydrogens (primary N) is 1. The lowest BCUT2D eigenvalue weighted by molar-refractivity contribution is 0.531. The smallest absolute Gasteiger partial charge is 0.130 e. The van der Waals surface area contributed by atoms with Crippen LogP contribution in [0.4, 0.5) is 4.39 Å². The molecular formula is C14H12Cl2FN. The second-order valence-electron chi connectivity index (χ2n) is 4.31. The molecule has 2 aromatic rings. The van der Waals surface area contributed by atoms with E-state index in [1.54, 1.807) is 37.3 Å². The predicted molar refractivity (Wildman–Crippen MR) is 73.5 cm³/mol. The Morgan fingerprint density at radius 1 is 1.06 bits per heavy atom. The van der Waals surface area contributed by atoms with Crippen LogP contribution >= 0.6 is 23.2 Å². The van der Waals surface area contributed by atoms with E-state index in [4.69, 9.17) is 28.9 Å². The van der Waals surface area contributed by atoms with E-state index in [9.17, 15) is 4.39 Å². The predicted octanol–water partition coefficient (Wildman–Crippen LogP) is 4.35. The summed E-state index contributed by atoms with van der Waals surface area (Å²) in [4.78, 5) is 0. The van der Waals surface area contributed by atoms with Gasteiger partial charge in [-0.25, -0.2) is 4.39 Å². The lowest BCUT2D eigenvalue weighted by Crippen LogP contribution is -2.35. The molecule has 18 heavy (non-hydrogen) atoms. The maximum absolute atomic E-state index is 14.0. The molecule has 0 aromatic heterocycles. The number of hydrogen-bond acceptors (Lipinski definition) is 1. The molecule has 0 amide bonds. The van der Waals surface area contributed by atoms with E-state index in [-0.39, 0.29) is 0 Å². The highest BCUT2D eigenvalue weighted by molar-refractivity contribution is 6.31. The number of halogens is 3. The van der Waals surface area contributed by atoms with Crippen molar-refractivity contribution < 1.29 is 4.39 Å². The van der Waals surface area contributed by atoms with E-state index in [2.05, 4.69) is 0 Å². The van der Waals surface area contributed by atoms with Crippen molar-refractivity contribution >= 4 is 23.2 Å². The van der Waals surface area contributed by atoms with Gasteiger partial charge in [-0.3, -0.25) is 0 Å². The minimum Gasteiger partial charge on any atom is -0.318 e. The van der Waals surface area contributed by atoms with Gasteiger partial charge in [0.1, 0.15) is 5.82 Å².